The first-order valence-electron chi connectivity index (χ1n) is 8.93. The van der Waals surface area contributed by atoms with Crippen LogP contribution in [0.1, 0.15) is 16.8 Å². The molecular formula is C20H16BrF3N4O3S. The number of halogens is 4. The number of thiazole rings is 1. The number of carbonyl (C=O) groups excluding carboxylic acids is 1. The van der Waals surface area contributed by atoms with Gasteiger partial charge in [0, 0.05) is 21.1 Å². The number of phenolic OH excluding ortho intramolecular Hbond substituents is 1. The Morgan fingerprint density at radius 3 is 2.84 bits per heavy atom. The van der Waals surface area contributed by atoms with Crippen LogP contribution in [0.4, 0.5) is 24.0 Å². The van der Waals surface area contributed by atoms with Gasteiger partial charge in [0.1, 0.15) is 0 Å². The van der Waals surface area contributed by atoms with E-state index in [4.69, 9.17) is 4.74 Å². The van der Waals surface area contributed by atoms with Crippen LogP contribution in [0.25, 0.3) is 0 Å². The van der Waals surface area contributed by atoms with Crippen molar-refractivity contribution < 1.29 is 27.8 Å². The van der Waals surface area contributed by atoms with E-state index in [9.17, 15) is 23.1 Å². The van der Waals surface area contributed by atoms with E-state index < -0.39 is 17.6 Å². The SMILES string of the molecule is COc1cc(/C=N\NC(=O)Cc2csc(Nc3cccc(C(F)(F)F)c3)n2)c(Br)cc1O. The molecule has 0 aliphatic carbocycles. The predicted octanol–water partition coefficient (Wildman–Crippen LogP) is 5.08. The number of hydrazone groups is 1. The van der Waals surface area contributed by atoms with Crippen molar-refractivity contribution in [3.8, 4) is 11.5 Å². The summed E-state index contributed by atoms with van der Waals surface area (Å²) in [5, 5.41) is 18.4. The minimum atomic E-state index is -4.44. The third kappa shape index (κ3) is 6.20. The summed E-state index contributed by atoms with van der Waals surface area (Å²) in [4.78, 5) is 16.3. The first-order chi connectivity index (χ1) is 15.2. The number of hydrogen-bond donors (Lipinski definition) is 3. The van der Waals surface area contributed by atoms with Gasteiger partial charge in [-0.15, -0.1) is 11.3 Å². The maximum absolute atomic E-state index is 12.8. The number of alkyl halides is 3. The Hall–Kier alpha value is -3.12. The lowest BCUT2D eigenvalue weighted by Crippen LogP contribution is -2.20. The second-order valence-corrected chi connectivity index (χ2v) is 8.08. The largest absolute Gasteiger partial charge is 0.504 e. The molecule has 3 N–H and O–H groups in total. The normalized spacial score (nSPS) is 11.5. The van der Waals surface area contributed by atoms with E-state index in [1.807, 2.05) is 0 Å². The van der Waals surface area contributed by atoms with Crippen LogP contribution in [0, 0.1) is 0 Å². The molecule has 7 nitrogen and oxygen atoms in total. The van der Waals surface area contributed by atoms with Gasteiger partial charge in [-0.1, -0.05) is 6.07 Å². The lowest BCUT2D eigenvalue weighted by Gasteiger charge is -2.08. The van der Waals surface area contributed by atoms with Gasteiger partial charge >= 0.3 is 6.18 Å². The Morgan fingerprint density at radius 1 is 1.34 bits per heavy atom. The molecule has 12 heteroatoms. The van der Waals surface area contributed by atoms with E-state index in [2.05, 4.69) is 36.8 Å². The van der Waals surface area contributed by atoms with E-state index in [0.29, 0.717) is 20.9 Å². The van der Waals surface area contributed by atoms with Crippen LogP contribution in [0.2, 0.25) is 0 Å². The van der Waals surface area contributed by atoms with Crippen molar-refractivity contribution in [1.82, 2.24) is 10.4 Å². The fourth-order valence-corrected chi connectivity index (χ4v) is 3.71. The fourth-order valence-electron chi connectivity index (χ4n) is 2.54. The molecule has 0 spiro atoms. The Balaban J connectivity index is 1.58. The zero-order valence-corrected chi connectivity index (χ0v) is 18.8. The van der Waals surface area contributed by atoms with E-state index in [-0.39, 0.29) is 23.6 Å². The van der Waals surface area contributed by atoms with Gasteiger partial charge < -0.3 is 15.2 Å². The molecule has 168 valence electrons. The number of aromatic nitrogens is 1. The molecular weight excluding hydrogens is 513 g/mol. The van der Waals surface area contributed by atoms with Crippen molar-refractivity contribution in [3.63, 3.8) is 0 Å². The second kappa shape index (κ2) is 10.0. The molecule has 1 heterocycles. The maximum atomic E-state index is 12.8. The standard InChI is InChI=1S/C20H16BrF3N4O3S/c1-31-17-5-11(15(21)8-16(17)29)9-25-28-18(30)7-14-10-32-19(27-14)26-13-4-2-3-12(6-13)20(22,23)24/h2-6,8-10,29H,7H2,1H3,(H,26,27)(H,28,30)/b25-9-. The summed E-state index contributed by atoms with van der Waals surface area (Å²) >= 11 is 4.44. The van der Waals surface area contributed by atoms with Gasteiger partial charge in [-0.25, -0.2) is 10.4 Å². The number of ether oxygens (including phenoxy) is 1. The minimum absolute atomic E-state index is 0.0429. The van der Waals surface area contributed by atoms with Crippen molar-refractivity contribution in [1.29, 1.82) is 0 Å². The number of aromatic hydroxyl groups is 1. The highest BCUT2D eigenvalue weighted by Gasteiger charge is 2.30. The smallest absolute Gasteiger partial charge is 0.416 e. The van der Waals surface area contributed by atoms with Gasteiger partial charge in [0.2, 0.25) is 5.91 Å². The lowest BCUT2D eigenvalue weighted by molar-refractivity contribution is -0.137. The van der Waals surface area contributed by atoms with E-state index in [0.717, 1.165) is 23.5 Å². The summed E-state index contributed by atoms with van der Waals surface area (Å²) < 4.78 is 44.1. The van der Waals surface area contributed by atoms with Crippen LogP contribution in [-0.4, -0.2) is 29.3 Å². The number of amides is 1. The minimum Gasteiger partial charge on any atom is -0.504 e. The zero-order chi connectivity index (χ0) is 23.3. The summed E-state index contributed by atoms with van der Waals surface area (Å²) in [5.41, 5.74) is 2.84. The molecule has 1 aromatic heterocycles. The second-order valence-electron chi connectivity index (χ2n) is 6.36. The summed E-state index contributed by atoms with van der Waals surface area (Å²) in [6.07, 6.45) is -3.13. The first kappa shape index (κ1) is 23.5. The van der Waals surface area contributed by atoms with Gasteiger partial charge in [-0.3, -0.25) is 4.79 Å². The number of methoxy groups -OCH3 is 1. The van der Waals surface area contributed by atoms with E-state index in [1.165, 1.54) is 31.5 Å². The predicted molar refractivity (Wildman–Crippen MR) is 119 cm³/mol. The van der Waals surface area contributed by atoms with Gasteiger partial charge in [0.05, 0.1) is 31.0 Å². The van der Waals surface area contributed by atoms with Gasteiger partial charge in [-0.2, -0.15) is 18.3 Å². The molecule has 0 aliphatic rings. The van der Waals surface area contributed by atoms with Crippen LogP contribution in [0.3, 0.4) is 0 Å². The molecule has 0 saturated carbocycles. The summed E-state index contributed by atoms with van der Waals surface area (Å²) in [5.74, 6) is -0.220. The molecule has 0 unspecified atom stereocenters. The number of nitrogens with zero attached hydrogens (tertiary/aromatic N) is 2. The van der Waals surface area contributed by atoms with Crippen LogP contribution in [-0.2, 0) is 17.4 Å². The van der Waals surface area contributed by atoms with Gasteiger partial charge in [-0.05, 0) is 46.3 Å². The van der Waals surface area contributed by atoms with E-state index >= 15 is 0 Å². The molecule has 0 radical (unpaired) electrons. The Morgan fingerprint density at radius 2 is 2.12 bits per heavy atom. The monoisotopic (exact) mass is 528 g/mol. The molecule has 32 heavy (non-hydrogen) atoms. The quantitative estimate of drug-likeness (QED) is 0.293. The summed E-state index contributed by atoms with van der Waals surface area (Å²) in [6.45, 7) is 0. The molecule has 3 aromatic rings. The van der Waals surface area contributed by atoms with Crippen molar-refractivity contribution in [2.75, 3.05) is 12.4 Å². The topological polar surface area (TPSA) is 95.8 Å². The number of carbonyl (C=O) groups is 1. The zero-order valence-electron chi connectivity index (χ0n) is 16.4. The van der Waals surface area contributed by atoms with Gasteiger partial charge in [0.15, 0.2) is 16.6 Å². The highest BCUT2D eigenvalue weighted by molar-refractivity contribution is 9.10. The van der Waals surface area contributed by atoms with Crippen molar-refractivity contribution in [2.24, 2.45) is 5.10 Å². The molecule has 1 amide bonds. The van der Waals surface area contributed by atoms with Crippen molar-refractivity contribution in [2.45, 2.75) is 12.6 Å². The Bertz CT molecular complexity index is 1150. The third-order valence-electron chi connectivity index (χ3n) is 4.03. The first-order valence-corrected chi connectivity index (χ1v) is 10.6. The number of phenols is 1. The van der Waals surface area contributed by atoms with Gasteiger partial charge in [0.25, 0.3) is 0 Å². The Kier molecular flexibility index (Phi) is 7.36. The molecule has 0 atom stereocenters. The summed E-state index contributed by atoms with van der Waals surface area (Å²) in [6, 6.07) is 7.74. The van der Waals surface area contributed by atoms with Crippen LogP contribution in [0.5, 0.6) is 11.5 Å². The Labute approximate surface area is 193 Å². The van der Waals surface area contributed by atoms with Crippen LogP contribution >= 0.6 is 27.3 Å². The summed E-state index contributed by atoms with van der Waals surface area (Å²) in [7, 11) is 1.41. The van der Waals surface area contributed by atoms with Crippen LogP contribution in [0.15, 0.2) is 51.4 Å². The van der Waals surface area contributed by atoms with Crippen LogP contribution < -0.4 is 15.5 Å². The highest BCUT2D eigenvalue weighted by atomic mass is 79.9. The average molecular weight is 529 g/mol. The molecule has 0 saturated heterocycles. The molecule has 0 fully saturated rings. The maximum Gasteiger partial charge on any atom is 0.416 e. The highest BCUT2D eigenvalue weighted by Crippen LogP contribution is 2.32. The third-order valence-corrected chi connectivity index (χ3v) is 5.52. The van der Waals surface area contributed by atoms with Crippen molar-refractivity contribution >= 4 is 50.2 Å². The number of nitrogens with one attached hydrogen (secondary N) is 2. The molecule has 2 aromatic carbocycles. The van der Waals surface area contributed by atoms with Crippen molar-refractivity contribution in [3.05, 3.63) is 63.1 Å². The van der Waals surface area contributed by atoms with E-state index in [1.54, 1.807) is 11.4 Å². The molecule has 0 bridgehead atoms. The molecule has 3 rings (SSSR count). The number of anilines is 2. The number of rotatable bonds is 7. The lowest BCUT2D eigenvalue weighted by atomic mass is 10.2. The molecule has 0 aliphatic heterocycles. The number of hydrogen-bond acceptors (Lipinski definition) is 7. The number of benzene rings is 2. The average Bonchev–Trinajstić information content (AvgIpc) is 3.15. The fraction of sp³-hybridized carbons (Fsp3) is 0.150.